The standard InChI is InChI=1S/C26H36N2/c1-2-19-3-5-20(6-4-19)21-15-17-26(18-16-21,22-7-11-24(27)12-8-22)23-9-13-25(28)14-10-23/h7-14,19-21H,2-6,15-18,27-28H2,1H3. The summed E-state index contributed by atoms with van der Waals surface area (Å²) in [4.78, 5) is 0. The zero-order chi connectivity index (χ0) is 19.6. The van der Waals surface area contributed by atoms with E-state index in [1.54, 1.807) is 0 Å². The molecule has 2 heteroatoms. The Morgan fingerprint density at radius 2 is 1.11 bits per heavy atom. The van der Waals surface area contributed by atoms with Gasteiger partial charge < -0.3 is 11.5 Å². The molecule has 0 unspecified atom stereocenters. The number of nitrogen functional groups attached to an aromatic ring is 2. The van der Waals surface area contributed by atoms with Crippen LogP contribution >= 0.6 is 0 Å². The molecule has 2 saturated carbocycles. The van der Waals surface area contributed by atoms with Crippen LogP contribution in [0.25, 0.3) is 0 Å². The van der Waals surface area contributed by atoms with Crippen LogP contribution in [0.15, 0.2) is 48.5 Å². The van der Waals surface area contributed by atoms with Gasteiger partial charge in [-0.3, -0.25) is 0 Å². The van der Waals surface area contributed by atoms with Crippen molar-refractivity contribution in [3.8, 4) is 0 Å². The Labute approximate surface area is 170 Å². The van der Waals surface area contributed by atoms with E-state index in [-0.39, 0.29) is 5.41 Å². The van der Waals surface area contributed by atoms with Gasteiger partial charge in [-0.1, -0.05) is 50.5 Å². The lowest BCUT2D eigenvalue weighted by Crippen LogP contribution is -2.35. The van der Waals surface area contributed by atoms with Crippen LogP contribution in [0.5, 0.6) is 0 Å². The Morgan fingerprint density at radius 3 is 1.54 bits per heavy atom. The molecule has 0 amide bonds. The van der Waals surface area contributed by atoms with Gasteiger partial charge in [-0.05, 0) is 91.7 Å². The zero-order valence-corrected chi connectivity index (χ0v) is 17.4. The van der Waals surface area contributed by atoms with E-state index < -0.39 is 0 Å². The predicted molar refractivity (Wildman–Crippen MR) is 120 cm³/mol. The van der Waals surface area contributed by atoms with Crippen molar-refractivity contribution in [1.29, 1.82) is 0 Å². The first-order valence-electron chi connectivity index (χ1n) is 11.3. The number of hydrogen-bond acceptors (Lipinski definition) is 2. The quantitative estimate of drug-likeness (QED) is 0.595. The highest BCUT2D eigenvalue weighted by Gasteiger charge is 2.40. The lowest BCUT2D eigenvalue weighted by atomic mass is 9.60. The monoisotopic (exact) mass is 376 g/mol. The summed E-state index contributed by atoms with van der Waals surface area (Å²) in [6.45, 7) is 2.36. The molecule has 0 saturated heterocycles. The number of hydrogen-bond donors (Lipinski definition) is 2. The number of rotatable bonds is 4. The van der Waals surface area contributed by atoms with E-state index in [4.69, 9.17) is 11.5 Å². The third kappa shape index (κ3) is 3.79. The highest BCUT2D eigenvalue weighted by molar-refractivity contribution is 5.49. The van der Waals surface area contributed by atoms with Crippen molar-refractivity contribution in [2.45, 2.75) is 70.1 Å². The molecule has 0 atom stereocenters. The molecule has 2 nitrogen and oxygen atoms in total. The molecule has 2 aromatic carbocycles. The van der Waals surface area contributed by atoms with Crippen molar-refractivity contribution in [1.82, 2.24) is 0 Å². The topological polar surface area (TPSA) is 52.0 Å². The third-order valence-corrected chi connectivity index (χ3v) is 7.95. The summed E-state index contributed by atoms with van der Waals surface area (Å²) >= 11 is 0. The summed E-state index contributed by atoms with van der Waals surface area (Å²) in [5.41, 5.74) is 16.6. The van der Waals surface area contributed by atoms with Crippen LogP contribution in [0.4, 0.5) is 11.4 Å². The van der Waals surface area contributed by atoms with Gasteiger partial charge in [0.1, 0.15) is 0 Å². The molecule has 28 heavy (non-hydrogen) atoms. The van der Waals surface area contributed by atoms with Gasteiger partial charge >= 0.3 is 0 Å². The van der Waals surface area contributed by atoms with E-state index in [0.717, 1.165) is 29.1 Å². The average Bonchev–Trinajstić information content (AvgIpc) is 2.75. The maximum Gasteiger partial charge on any atom is 0.0314 e. The van der Waals surface area contributed by atoms with Gasteiger partial charge in [-0.15, -0.1) is 0 Å². The highest BCUT2D eigenvalue weighted by Crippen LogP contribution is 2.50. The Balaban J connectivity index is 1.55. The minimum absolute atomic E-state index is 0.110. The van der Waals surface area contributed by atoms with Crippen LogP contribution in [0.1, 0.15) is 75.8 Å². The van der Waals surface area contributed by atoms with Gasteiger partial charge in [0.05, 0.1) is 0 Å². The van der Waals surface area contributed by atoms with Crippen molar-refractivity contribution in [2.24, 2.45) is 17.8 Å². The molecule has 2 fully saturated rings. The fourth-order valence-electron chi connectivity index (χ4n) is 6.02. The normalized spacial score (nSPS) is 25.5. The van der Waals surface area contributed by atoms with E-state index in [9.17, 15) is 0 Å². The average molecular weight is 377 g/mol. The molecule has 4 N–H and O–H groups in total. The Hall–Kier alpha value is -1.96. The first kappa shape index (κ1) is 19.4. The molecule has 0 heterocycles. The van der Waals surface area contributed by atoms with Gasteiger partial charge in [0.2, 0.25) is 0 Å². The zero-order valence-electron chi connectivity index (χ0n) is 17.4. The van der Waals surface area contributed by atoms with Gasteiger partial charge in [-0.25, -0.2) is 0 Å². The third-order valence-electron chi connectivity index (χ3n) is 7.95. The predicted octanol–water partition coefficient (Wildman–Crippen LogP) is 6.54. The number of nitrogens with two attached hydrogens (primary N) is 2. The van der Waals surface area contributed by atoms with E-state index in [1.165, 1.54) is 68.9 Å². The minimum atomic E-state index is 0.110. The molecule has 0 aromatic heterocycles. The summed E-state index contributed by atoms with van der Waals surface area (Å²) in [6.07, 6.45) is 12.4. The van der Waals surface area contributed by atoms with E-state index >= 15 is 0 Å². The molecule has 0 bridgehead atoms. The Kier molecular flexibility index (Phi) is 5.66. The summed E-state index contributed by atoms with van der Waals surface area (Å²) in [5, 5.41) is 0. The van der Waals surface area contributed by atoms with Gasteiger partial charge in [0, 0.05) is 16.8 Å². The van der Waals surface area contributed by atoms with Crippen molar-refractivity contribution in [3.05, 3.63) is 59.7 Å². The first-order valence-corrected chi connectivity index (χ1v) is 11.3. The summed E-state index contributed by atoms with van der Waals surface area (Å²) in [6, 6.07) is 17.2. The van der Waals surface area contributed by atoms with Crippen LogP contribution in [0.2, 0.25) is 0 Å². The second-order valence-electron chi connectivity index (χ2n) is 9.35. The number of anilines is 2. The van der Waals surface area contributed by atoms with Crippen LogP contribution in [0.3, 0.4) is 0 Å². The largest absolute Gasteiger partial charge is 0.399 e. The molecule has 0 aliphatic heterocycles. The maximum atomic E-state index is 5.98. The highest BCUT2D eigenvalue weighted by atomic mass is 14.6. The van der Waals surface area contributed by atoms with Crippen molar-refractivity contribution in [2.75, 3.05) is 11.5 Å². The summed E-state index contributed by atoms with van der Waals surface area (Å²) in [5.74, 6) is 2.86. The molecule has 2 aromatic rings. The molecule has 4 rings (SSSR count). The number of benzene rings is 2. The Bertz CT molecular complexity index is 699. The van der Waals surface area contributed by atoms with E-state index in [0.29, 0.717) is 0 Å². The van der Waals surface area contributed by atoms with Crippen molar-refractivity contribution >= 4 is 11.4 Å². The van der Waals surface area contributed by atoms with Crippen LogP contribution in [-0.4, -0.2) is 0 Å². The van der Waals surface area contributed by atoms with Gasteiger partial charge in [0.15, 0.2) is 0 Å². The molecule has 0 radical (unpaired) electrons. The summed E-state index contributed by atoms with van der Waals surface area (Å²) < 4.78 is 0. The SMILES string of the molecule is CCC1CCC(C2CCC(c3ccc(N)cc3)(c3ccc(N)cc3)CC2)CC1. The lowest BCUT2D eigenvalue weighted by Gasteiger charge is -2.44. The summed E-state index contributed by atoms with van der Waals surface area (Å²) in [7, 11) is 0. The molecule has 0 spiro atoms. The first-order chi connectivity index (χ1) is 13.6. The molecule has 2 aliphatic carbocycles. The van der Waals surface area contributed by atoms with Crippen LogP contribution < -0.4 is 11.5 Å². The van der Waals surface area contributed by atoms with Crippen LogP contribution in [0, 0.1) is 17.8 Å². The van der Waals surface area contributed by atoms with Crippen LogP contribution in [-0.2, 0) is 5.41 Å². The van der Waals surface area contributed by atoms with Crippen molar-refractivity contribution < 1.29 is 0 Å². The molecular formula is C26H36N2. The molecular weight excluding hydrogens is 340 g/mol. The van der Waals surface area contributed by atoms with Gasteiger partial charge in [0.25, 0.3) is 0 Å². The van der Waals surface area contributed by atoms with E-state index in [2.05, 4.69) is 55.5 Å². The second-order valence-corrected chi connectivity index (χ2v) is 9.35. The smallest absolute Gasteiger partial charge is 0.0314 e. The fraction of sp³-hybridized carbons (Fsp3) is 0.538. The molecule has 2 aliphatic rings. The molecule has 150 valence electrons. The van der Waals surface area contributed by atoms with Gasteiger partial charge in [-0.2, -0.15) is 0 Å². The fourth-order valence-corrected chi connectivity index (χ4v) is 6.02. The van der Waals surface area contributed by atoms with Crippen molar-refractivity contribution in [3.63, 3.8) is 0 Å². The Morgan fingerprint density at radius 1 is 0.679 bits per heavy atom. The lowest BCUT2D eigenvalue weighted by molar-refractivity contribution is 0.142. The maximum absolute atomic E-state index is 5.98. The second kappa shape index (κ2) is 8.19. The minimum Gasteiger partial charge on any atom is -0.399 e. The van der Waals surface area contributed by atoms with E-state index in [1.807, 2.05) is 0 Å².